The Kier molecular flexibility index (Phi) is 16.8. The van der Waals surface area contributed by atoms with Crippen molar-refractivity contribution in [1.82, 2.24) is 0 Å². The Labute approximate surface area is 126 Å². The lowest BCUT2D eigenvalue weighted by atomic mass is 10.0. The van der Waals surface area contributed by atoms with E-state index in [2.05, 4.69) is 69.3 Å². The van der Waals surface area contributed by atoms with Crippen LogP contribution in [-0.2, 0) is 6.42 Å². The van der Waals surface area contributed by atoms with Crippen LogP contribution in [0.1, 0.15) is 37.8 Å². The number of benzene rings is 2. The Morgan fingerprint density at radius 2 is 1.10 bits per heavy atom. The van der Waals surface area contributed by atoms with E-state index in [1.54, 1.807) is 0 Å². The minimum atomic E-state index is 0.659. The largest absolute Gasteiger partial charge is 0.255 e. The summed E-state index contributed by atoms with van der Waals surface area (Å²) < 4.78 is 0. The van der Waals surface area contributed by atoms with Gasteiger partial charge in [0.1, 0.15) is 0 Å². The zero-order valence-electron chi connectivity index (χ0n) is 12.8. The molecule has 0 aliphatic heterocycles. The van der Waals surface area contributed by atoms with Gasteiger partial charge in [0.15, 0.2) is 0 Å². The normalized spacial score (nSPS) is 8.38. The highest BCUT2D eigenvalue weighted by atomic mass is 17.0. The standard InChI is InChI=1S/C9H12.C8H10.2H2O2/c1-8(2)9-6-4-3-5-7-9;1-2-8-6-4-3-5-7-8;2*1-2/h3-8H,1-2H3;3-7H,2H2,1H3;2*1-2H. The van der Waals surface area contributed by atoms with Gasteiger partial charge in [-0.25, -0.2) is 0 Å². The molecule has 0 bridgehead atoms. The Bertz CT molecular complexity index is 402. The zero-order chi connectivity index (χ0) is 16.5. The lowest BCUT2D eigenvalue weighted by Gasteiger charge is -2.01. The summed E-state index contributed by atoms with van der Waals surface area (Å²) >= 11 is 0. The van der Waals surface area contributed by atoms with Crippen LogP contribution in [0, 0.1) is 0 Å². The molecule has 4 N–H and O–H groups in total. The number of hydrogen-bond donors (Lipinski definition) is 4. The molecule has 0 amide bonds. The first kappa shape index (κ1) is 21.6. The van der Waals surface area contributed by atoms with E-state index in [0.29, 0.717) is 5.92 Å². The summed E-state index contributed by atoms with van der Waals surface area (Å²) in [6.45, 7) is 6.57. The molecule has 0 unspecified atom stereocenters. The van der Waals surface area contributed by atoms with Crippen molar-refractivity contribution in [2.24, 2.45) is 0 Å². The predicted octanol–water partition coefficient (Wildman–Crippen LogP) is 5.09. The van der Waals surface area contributed by atoms with Crippen molar-refractivity contribution in [3.05, 3.63) is 71.8 Å². The molecular formula is C17H26O4. The third-order valence-electron chi connectivity index (χ3n) is 2.72. The molecule has 4 heteroatoms. The molecule has 0 heterocycles. The monoisotopic (exact) mass is 294 g/mol. The molecule has 21 heavy (non-hydrogen) atoms. The summed E-state index contributed by atoms with van der Waals surface area (Å²) in [5.74, 6) is 0.659. The molecule has 2 rings (SSSR count). The number of aryl methyl sites for hydroxylation is 1. The predicted molar refractivity (Wildman–Crippen MR) is 86.9 cm³/mol. The molecule has 0 spiro atoms. The zero-order valence-corrected chi connectivity index (χ0v) is 12.8. The van der Waals surface area contributed by atoms with Crippen molar-refractivity contribution >= 4 is 0 Å². The Morgan fingerprint density at radius 1 is 0.714 bits per heavy atom. The molecule has 0 radical (unpaired) electrons. The van der Waals surface area contributed by atoms with Crippen LogP contribution in [0.2, 0.25) is 0 Å². The van der Waals surface area contributed by atoms with Gasteiger partial charge in [-0.15, -0.1) is 0 Å². The second-order valence-corrected chi connectivity index (χ2v) is 4.40. The summed E-state index contributed by atoms with van der Waals surface area (Å²) in [6, 6.07) is 21.0. The molecule has 0 atom stereocenters. The Hall–Kier alpha value is -1.72. The molecule has 4 nitrogen and oxygen atoms in total. The van der Waals surface area contributed by atoms with Gasteiger partial charge >= 0.3 is 0 Å². The van der Waals surface area contributed by atoms with Crippen molar-refractivity contribution in [1.29, 1.82) is 0 Å². The first-order chi connectivity index (χ1) is 10.2. The summed E-state index contributed by atoms with van der Waals surface area (Å²) in [6.07, 6.45) is 1.14. The average Bonchev–Trinajstić information content (AvgIpc) is 2.60. The molecule has 0 fully saturated rings. The SMILES string of the molecule is CC(C)c1ccccc1.CCc1ccccc1.OO.OO. The fourth-order valence-corrected chi connectivity index (χ4v) is 1.55. The molecule has 2 aromatic rings. The van der Waals surface area contributed by atoms with E-state index in [9.17, 15) is 0 Å². The van der Waals surface area contributed by atoms with Gasteiger partial charge in [-0.1, -0.05) is 81.4 Å². The lowest BCUT2D eigenvalue weighted by molar-refractivity contribution is -0.176. The van der Waals surface area contributed by atoms with Gasteiger partial charge < -0.3 is 0 Å². The molecule has 0 aliphatic carbocycles. The fourth-order valence-electron chi connectivity index (χ4n) is 1.55. The topological polar surface area (TPSA) is 80.9 Å². The highest BCUT2D eigenvalue weighted by molar-refractivity contribution is 5.17. The summed E-state index contributed by atoms with van der Waals surface area (Å²) in [5, 5.41) is 24.0. The van der Waals surface area contributed by atoms with Gasteiger partial charge in [0.05, 0.1) is 0 Å². The van der Waals surface area contributed by atoms with Gasteiger partial charge in [-0.2, -0.15) is 0 Å². The minimum Gasteiger partial charge on any atom is -0.255 e. The highest BCUT2D eigenvalue weighted by Gasteiger charge is 1.93. The van der Waals surface area contributed by atoms with E-state index < -0.39 is 0 Å². The van der Waals surface area contributed by atoms with Gasteiger partial charge in [0.25, 0.3) is 0 Å². The maximum Gasteiger partial charge on any atom is -0.0219 e. The highest BCUT2D eigenvalue weighted by Crippen LogP contribution is 2.11. The molecule has 0 aromatic heterocycles. The van der Waals surface area contributed by atoms with Gasteiger partial charge in [-0.05, 0) is 23.5 Å². The van der Waals surface area contributed by atoms with Gasteiger partial charge in [0, 0.05) is 0 Å². The average molecular weight is 294 g/mol. The fraction of sp³-hybridized carbons (Fsp3) is 0.294. The van der Waals surface area contributed by atoms with E-state index in [4.69, 9.17) is 21.0 Å². The van der Waals surface area contributed by atoms with Crippen molar-refractivity contribution in [3.63, 3.8) is 0 Å². The van der Waals surface area contributed by atoms with Crippen LogP contribution in [0.3, 0.4) is 0 Å². The van der Waals surface area contributed by atoms with Crippen LogP contribution in [0.15, 0.2) is 60.7 Å². The van der Waals surface area contributed by atoms with Crippen molar-refractivity contribution < 1.29 is 21.0 Å². The van der Waals surface area contributed by atoms with E-state index in [1.807, 2.05) is 12.1 Å². The van der Waals surface area contributed by atoms with Crippen molar-refractivity contribution in [2.45, 2.75) is 33.1 Å². The summed E-state index contributed by atoms with van der Waals surface area (Å²) in [4.78, 5) is 0. The van der Waals surface area contributed by atoms with Crippen LogP contribution < -0.4 is 0 Å². The molecule has 0 saturated carbocycles. The lowest BCUT2D eigenvalue weighted by Crippen LogP contribution is -1.83. The van der Waals surface area contributed by atoms with E-state index in [1.165, 1.54) is 11.1 Å². The maximum absolute atomic E-state index is 6.00. The maximum atomic E-state index is 6.00. The van der Waals surface area contributed by atoms with E-state index in [0.717, 1.165) is 6.42 Å². The second kappa shape index (κ2) is 16.3. The Balaban J connectivity index is 0. The van der Waals surface area contributed by atoms with Crippen molar-refractivity contribution in [3.8, 4) is 0 Å². The summed E-state index contributed by atoms with van der Waals surface area (Å²) in [7, 11) is 0. The van der Waals surface area contributed by atoms with E-state index >= 15 is 0 Å². The molecular weight excluding hydrogens is 268 g/mol. The van der Waals surface area contributed by atoms with Gasteiger partial charge in [0.2, 0.25) is 0 Å². The Morgan fingerprint density at radius 3 is 1.33 bits per heavy atom. The third kappa shape index (κ3) is 11.8. The van der Waals surface area contributed by atoms with Crippen LogP contribution in [-0.4, -0.2) is 21.0 Å². The van der Waals surface area contributed by atoms with Crippen LogP contribution in [0.4, 0.5) is 0 Å². The minimum absolute atomic E-state index is 0.659. The first-order valence-electron chi connectivity index (χ1n) is 6.73. The third-order valence-corrected chi connectivity index (χ3v) is 2.72. The smallest absolute Gasteiger partial charge is 0.0219 e. The molecule has 0 saturated heterocycles. The van der Waals surface area contributed by atoms with Gasteiger partial charge in [-0.3, -0.25) is 21.0 Å². The quantitative estimate of drug-likeness (QED) is 0.459. The molecule has 0 aliphatic rings. The van der Waals surface area contributed by atoms with E-state index in [-0.39, 0.29) is 0 Å². The van der Waals surface area contributed by atoms with Crippen LogP contribution in [0.5, 0.6) is 0 Å². The van der Waals surface area contributed by atoms with Crippen molar-refractivity contribution in [2.75, 3.05) is 0 Å². The molecule has 118 valence electrons. The number of rotatable bonds is 2. The number of hydrogen-bond acceptors (Lipinski definition) is 4. The second-order valence-electron chi connectivity index (χ2n) is 4.40. The summed E-state index contributed by atoms with van der Waals surface area (Å²) in [5.41, 5.74) is 2.82. The van der Waals surface area contributed by atoms with Crippen LogP contribution >= 0.6 is 0 Å². The van der Waals surface area contributed by atoms with Crippen LogP contribution in [0.25, 0.3) is 0 Å². The first-order valence-corrected chi connectivity index (χ1v) is 6.73. The molecule has 2 aromatic carbocycles.